The molecule has 0 bridgehead atoms. The maximum Gasteiger partial charge on any atom is 0.0532 e. The molecule has 0 aromatic rings. The number of halogens is 2. The van der Waals surface area contributed by atoms with Crippen LogP contribution in [0.5, 0.6) is 0 Å². The molecule has 1 atom stereocenters. The Bertz CT molecular complexity index is 565. The average Bonchev–Trinajstić information content (AvgIpc) is 2.64. The molecule has 1 unspecified atom stereocenters. The SMILES string of the molecule is C=C/C=C(/CCCN(C)F)N=CCCN/C=C(/C(=C)Cl)C(/C=C\CCC)NC. The number of nitrogens with one attached hydrogen (secondary N) is 2. The van der Waals surface area contributed by atoms with Crippen LogP contribution in [0, 0.1) is 0 Å². The number of rotatable bonds is 16. The molecule has 0 rings (SSSR count). The summed E-state index contributed by atoms with van der Waals surface area (Å²) < 4.78 is 12.7. The van der Waals surface area contributed by atoms with Gasteiger partial charge in [0.05, 0.1) is 6.04 Å². The molecule has 4 nitrogen and oxygen atoms in total. The van der Waals surface area contributed by atoms with Crippen molar-refractivity contribution in [3.63, 3.8) is 0 Å². The number of hydrogen-bond acceptors (Lipinski definition) is 4. The topological polar surface area (TPSA) is 39.7 Å². The molecular formula is C22H36ClFN4. The Morgan fingerprint density at radius 2 is 2.11 bits per heavy atom. The van der Waals surface area contributed by atoms with E-state index < -0.39 is 0 Å². The number of likely N-dealkylation sites (N-methyl/N-ethyl adjacent to an activating group) is 1. The molecule has 0 aliphatic heterocycles. The van der Waals surface area contributed by atoms with E-state index in [4.69, 9.17) is 11.6 Å². The Hall–Kier alpha value is -1.69. The lowest BCUT2D eigenvalue weighted by Gasteiger charge is -2.16. The van der Waals surface area contributed by atoms with Gasteiger partial charge in [-0.1, -0.05) is 56.3 Å². The van der Waals surface area contributed by atoms with Crippen LogP contribution in [0.3, 0.4) is 0 Å². The highest BCUT2D eigenvalue weighted by Crippen LogP contribution is 2.17. The van der Waals surface area contributed by atoms with Gasteiger partial charge in [0.15, 0.2) is 0 Å². The molecule has 0 radical (unpaired) electrons. The predicted molar refractivity (Wildman–Crippen MR) is 122 cm³/mol. The quantitative estimate of drug-likeness (QED) is 0.119. The number of aliphatic imine (C=N–C) groups is 1. The zero-order valence-electron chi connectivity index (χ0n) is 17.6. The van der Waals surface area contributed by atoms with Gasteiger partial charge in [0, 0.05) is 48.9 Å². The Balaban J connectivity index is 4.59. The van der Waals surface area contributed by atoms with E-state index in [1.165, 1.54) is 7.05 Å². The molecule has 28 heavy (non-hydrogen) atoms. The molecule has 0 aliphatic carbocycles. The average molecular weight is 411 g/mol. The van der Waals surface area contributed by atoms with Gasteiger partial charge in [0.1, 0.15) is 0 Å². The molecule has 0 amide bonds. The summed E-state index contributed by atoms with van der Waals surface area (Å²) in [5.74, 6) is 0. The lowest BCUT2D eigenvalue weighted by atomic mass is 10.1. The summed E-state index contributed by atoms with van der Waals surface area (Å²) in [6.45, 7) is 10.8. The molecular weight excluding hydrogens is 375 g/mol. The minimum atomic E-state index is 0.0217. The number of nitrogens with zero attached hydrogens (tertiary/aromatic N) is 2. The van der Waals surface area contributed by atoms with Gasteiger partial charge in [-0.2, -0.15) is 0 Å². The van der Waals surface area contributed by atoms with Gasteiger partial charge in [0.2, 0.25) is 0 Å². The lowest BCUT2D eigenvalue weighted by Crippen LogP contribution is -2.26. The van der Waals surface area contributed by atoms with Crippen LogP contribution in [0.15, 0.2) is 65.0 Å². The molecule has 158 valence electrons. The van der Waals surface area contributed by atoms with Crippen molar-refractivity contribution in [1.82, 2.24) is 15.8 Å². The molecule has 0 aliphatic rings. The molecule has 0 aromatic heterocycles. The zero-order chi connectivity index (χ0) is 21.2. The van der Waals surface area contributed by atoms with Gasteiger partial charge < -0.3 is 10.6 Å². The first kappa shape index (κ1) is 26.3. The van der Waals surface area contributed by atoms with Crippen molar-refractivity contribution in [2.45, 2.75) is 45.1 Å². The monoisotopic (exact) mass is 410 g/mol. The summed E-state index contributed by atoms with van der Waals surface area (Å²) in [6.07, 6.45) is 15.9. The highest BCUT2D eigenvalue weighted by Gasteiger charge is 2.10. The Morgan fingerprint density at radius 3 is 2.68 bits per heavy atom. The smallest absolute Gasteiger partial charge is 0.0532 e. The van der Waals surface area contributed by atoms with Crippen molar-refractivity contribution in [2.24, 2.45) is 4.99 Å². The molecule has 0 aromatic carbocycles. The van der Waals surface area contributed by atoms with Gasteiger partial charge in [-0.3, -0.25) is 4.99 Å². The standard InChI is InChI=1S/C22H36ClFN4/c1-6-8-9-14-22(25-4)21(19(3)23)18-26-15-11-16-27-20(12-7-2)13-10-17-28(5)24/h7,9,12,14,16,18,22,25-26H,2-3,6,8,10-11,13,15,17H2,1,4-5H3/b14-9-,20-12-,21-18-,27-16?. The largest absolute Gasteiger partial charge is 0.390 e. The minimum absolute atomic E-state index is 0.0217. The molecule has 0 saturated carbocycles. The van der Waals surface area contributed by atoms with Gasteiger partial charge in [0.25, 0.3) is 0 Å². The molecule has 6 heteroatoms. The zero-order valence-corrected chi connectivity index (χ0v) is 18.3. The van der Waals surface area contributed by atoms with Crippen molar-refractivity contribution in [3.05, 3.63) is 60.0 Å². The fraction of sp³-hybridized carbons (Fsp3) is 0.500. The minimum Gasteiger partial charge on any atom is -0.390 e. The maximum atomic E-state index is 12.7. The normalized spacial score (nSPS) is 14.2. The first-order valence-electron chi connectivity index (χ1n) is 9.79. The van der Waals surface area contributed by atoms with E-state index >= 15 is 0 Å². The second kappa shape index (κ2) is 17.4. The van der Waals surface area contributed by atoms with Crippen molar-refractivity contribution in [2.75, 3.05) is 27.2 Å². The maximum absolute atomic E-state index is 12.7. The van der Waals surface area contributed by atoms with E-state index in [1.54, 1.807) is 6.08 Å². The van der Waals surface area contributed by atoms with Crippen LogP contribution in [0.25, 0.3) is 0 Å². The van der Waals surface area contributed by atoms with Gasteiger partial charge >= 0.3 is 0 Å². The van der Waals surface area contributed by atoms with Crippen LogP contribution in [-0.2, 0) is 0 Å². The van der Waals surface area contributed by atoms with Gasteiger partial charge in [-0.25, -0.2) is 0 Å². The highest BCUT2D eigenvalue weighted by molar-refractivity contribution is 6.31. The number of hydrogen-bond donors (Lipinski definition) is 2. The summed E-state index contributed by atoms with van der Waals surface area (Å²) in [6, 6.07) is 0.0217. The van der Waals surface area contributed by atoms with E-state index in [9.17, 15) is 4.48 Å². The van der Waals surface area contributed by atoms with Crippen LogP contribution >= 0.6 is 11.6 Å². The fourth-order valence-corrected chi connectivity index (χ4v) is 2.58. The fourth-order valence-electron chi connectivity index (χ4n) is 2.41. The Labute approximate surface area is 175 Å². The van der Waals surface area contributed by atoms with Gasteiger partial charge in [-0.05, 0) is 38.8 Å². The highest BCUT2D eigenvalue weighted by atomic mass is 35.5. The summed E-state index contributed by atoms with van der Waals surface area (Å²) >= 11 is 6.17. The molecule has 0 fully saturated rings. The van der Waals surface area contributed by atoms with Crippen LogP contribution in [0.2, 0.25) is 0 Å². The van der Waals surface area contributed by atoms with Crippen molar-refractivity contribution >= 4 is 17.8 Å². The van der Waals surface area contributed by atoms with E-state index in [0.29, 0.717) is 29.5 Å². The van der Waals surface area contributed by atoms with Gasteiger partial charge in [-0.15, -0.1) is 9.60 Å². The third-order valence-corrected chi connectivity index (χ3v) is 4.10. The van der Waals surface area contributed by atoms with E-state index in [0.717, 1.165) is 37.1 Å². The van der Waals surface area contributed by atoms with Crippen LogP contribution in [-0.4, -0.2) is 44.6 Å². The predicted octanol–water partition coefficient (Wildman–Crippen LogP) is 5.28. The second-order valence-electron chi connectivity index (χ2n) is 6.37. The van der Waals surface area contributed by atoms with Crippen molar-refractivity contribution in [3.8, 4) is 0 Å². The van der Waals surface area contributed by atoms with Crippen LogP contribution in [0.4, 0.5) is 4.48 Å². The Kier molecular flexibility index (Phi) is 16.4. The number of unbranched alkanes of at least 4 members (excludes halogenated alkanes) is 1. The third-order valence-electron chi connectivity index (χ3n) is 3.89. The van der Waals surface area contributed by atoms with Crippen molar-refractivity contribution in [1.29, 1.82) is 0 Å². The summed E-state index contributed by atoms with van der Waals surface area (Å²) in [4.78, 5) is 4.46. The van der Waals surface area contributed by atoms with E-state index in [1.807, 2.05) is 25.5 Å². The summed E-state index contributed by atoms with van der Waals surface area (Å²) in [5, 5.41) is 7.70. The van der Waals surface area contributed by atoms with Crippen LogP contribution in [0.1, 0.15) is 39.0 Å². The van der Waals surface area contributed by atoms with Crippen LogP contribution < -0.4 is 10.6 Å². The first-order valence-corrected chi connectivity index (χ1v) is 10.2. The molecule has 0 spiro atoms. The summed E-state index contributed by atoms with van der Waals surface area (Å²) in [7, 11) is 3.32. The van der Waals surface area contributed by atoms with E-state index in [2.05, 4.69) is 47.9 Å². The first-order chi connectivity index (χ1) is 13.5. The van der Waals surface area contributed by atoms with Crippen molar-refractivity contribution < 1.29 is 4.48 Å². The van der Waals surface area contributed by atoms with E-state index in [-0.39, 0.29) is 6.04 Å². The molecule has 2 N–H and O–H groups in total. The Morgan fingerprint density at radius 1 is 1.36 bits per heavy atom. The number of allylic oxidation sites excluding steroid dienone is 4. The third kappa shape index (κ3) is 13.5. The summed E-state index contributed by atoms with van der Waals surface area (Å²) in [5.41, 5.74) is 1.81. The molecule has 0 saturated heterocycles. The molecule has 0 heterocycles. The lowest BCUT2D eigenvalue weighted by molar-refractivity contribution is 0.0589. The second-order valence-corrected chi connectivity index (χ2v) is 6.82.